The highest BCUT2D eigenvalue weighted by Gasteiger charge is 2.60. The van der Waals surface area contributed by atoms with Crippen molar-refractivity contribution in [3.63, 3.8) is 0 Å². The van der Waals surface area contributed by atoms with Crippen molar-refractivity contribution in [1.82, 2.24) is 14.8 Å². The molecule has 0 N–H and O–H groups in total. The van der Waals surface area contributed by atoms with Crippen LogP contribution in [0.2, 0.25) is 0 Å². The van der Waals surface area contributed by atoms with Crippen molar-refractivity contribution in [2.24, 2.45) is 5.41 Å². The Bertz CT molecular complexity index is 655. The zero-order chi connectivity index (χ0) is 18.2. The molecular formula is C17H23F3N4O. The second-order valence-corrected chi connectivity index (χ2v) is 7.27. The van der Waals surface area contributed by atoms with Crippen molar-refractivity contribution >= 4 is 11.7 Å². The summed E-state index contributed by atoms with van der Waals surface area (Å²) >= 11 is 0. The summed E-state index contributed by atoms with van der Waals surface area (Å²) in [6.45, 7) is 0.552. The Hall–Kier alpha value is -1.83. The molecule has 1 amide bonds. The van der Waals surface area contributed by atoms with Crippen molar-refractivity contribution in [2.75, 3.05) is 51.7 Å². The predicted molar refractivity (Wildman–Crippen MR) is 88.2 cm³/mol. The van der Waals surface area contributed by atoms with Crippen molar-refractivity contribution in [3.05, 3.63) is 24.1 Å². The van der Waals surface area contributed by atoms with E-state index in [1.165, 1.54) is 23.2 Å². The Morgan fingerprint density at radius 3 is 2.72 bits per heavy atom. The number of carbonyl (C=O) groups excluding carboxylic acids is 1. The molecule has 0 radical (unpaired) electrons. The van der Waals surface area contributed by atoms with E-state index in [-0.39, 0.29) is 50.7 Å². The van der Waals surface area contributed by atoms with E-state index in [1.54, 1.807) is 23.9 Å². The first-order valence-electron chi connectivity index (χ1n) is 8.40. The molecule has 0 aliphatic carbocycles. The summed E-state index contributed by atoms with van der Waals surface area (Å²) in [5.74, 6) is -3.45. The number of aromatic nitrogens is 1. The summed E-state index contributed by atoms with van der Waals surface area (Å²) in [6.07, 6.45) is 1.31. The maximum Gasteiger partial charge on any atom is 0.258 e. The maximum atomic E-state index is 14.8. The van der Waals surface area contributed by atoms with Gasteiger partial charge in [0.15, 0.2) is 11.6 Å². The van der Waals surface area contributed by atoms with Crippen molar-refractivity contribution in [1.29, 1.82) is 0 Å². The number of hydrogen-bond donors (Lipinski definition) is 0. The molecule has 1 aromatic rings. The van der Waals surface area contributed by atoms with E-state index < -0.39 is 17.2 Å². The zero-order valence-electron chi connectivity index (χ0n) is 14.5. The molecule has 2 aliphatic rings. The van der Waals surface area contributed by atoms with Crippen LogP contribution in [0.25, 0.3) is 0 Å². The molecule has 1 spiro atoms. The van der Waals surface area contributed by atoms with Gasteiger partial charge in [0.25, 0.3) is 5.92 Å². The molecule has 138 valence electrons. The highest BCUT2D eigenvalue weighted by molar-refractivity contribution is 5.78. The van der Waals surface area contributed by atoms with Gasteiger partial charge in [0.05, 0.1) is 12.0 Å². The minimum Gasteiger partial charge on any atom is -0.353 e. The number of pyridine rings is 1. The summed E-state index contributed by atoms with van der Waals surface area (Å²) in [4.78, 5) is 21.1. The fraction of sp³-hybridized carbons (Fsp3) is 0.647. The van der Waals surface area contributed by atoms with Crippen LogP contribution in [0, 0.1) is 11.2 Å². The number of amides is 1. The van der Waals surface area contributed by atoms with E-state index in [9.17, 15) is 18.0 Å². The lowest BCUT2D eigenvalue weighted by Gasteiger charge is -2.46. The molecule has 2 aliphatic heterocycles. The number of piperidine rings is 1. The highest BCUT2D eigenvalue weighted by Crippen LogP contribution is 2.50. The molecule has 25 heavy (non-hydrogen) atoms. The second-order valence-electron chi connectivity index (χ2n) is 7.27. The van der Waals surface area contributed by atoms with Gasteiger partial charge in [-0.2, -0.15) is 0 Å². The molecule has 3 heterocycles. The first-order valence-corrected chi connectivity index (χ1v) is 8.40. The predicted octanol–water partition coefficient (Wildman–Crippen LogP) is 1.85. The first kappa shape index (κ1) is 18.0. The van der Waals surface area contributed by atoms with Crippen LogP contribution >= 0.6 is 0 Å². The Morgan fingerprint density at radius 1 is 1.28 bits per heavy atom. The van der Waals surface area contributed by atoms with Crippen LogP contribution in [0.15, 0.2) is 18.3 Å². The maximum absolute atomic E-state index is 14.8. The lowest BCUT2D eigenvalue weighted by atomic mass is 9.75. The van der Waals surface area contributed by atoms with E-state index in [4.69, 9.17) is 0 Å². The molecule has 1 aromatic heterocycles. The summed E-state index contributed by atoms with van der Waals surface area (Å²) < 4.78 is 43.5. The molecular weight excluding hydrogens is 333 g/mol. The number of rotatable bonds is 3. The zero-order valence-corrected chi connectivity index (χ0v) is 14.5. The van der Waals surface area contributed by atoms with Gasteiger partial charge in [-0.05, 0) is 32.6 Å². The molecule has 5 nitrogen and oxygen atoms in total. The van der Waals surface area contributed by atoms with E-state index in [0.29, 0.717) is 6.54 Å². The molecule has 0 saturated carbocycles. The Kier molecular flexibility index (Phi) is 4.66. The van der Waals surface area contributed by atoms with E-state index in [0.717, 1.165) is 0 Å². The van der Waals surface area contributed by atoms with E-state index in [2.05, 4.69) is 4.98 Å². The number of alkyl halides is 2. The highest BCUT2D eigenvalue weighted by atomic mass is 19.3. The molecule has 1 atom stereocenters. The molecule has 8 heteroatoms. The average Bonchev–Trinajstić information content (AvgIpc) is 2.95. The first-order chi connectivity index (χ1) is 11.7. The van der Waals surface area contributed by atoms with Gasteiger partial charge in [0, 0.05) is 38.8 Å². The summed E-state index contributed by atoms with van der Waals surface area (Å²) in [6, 6.07) is 2.75. The minimum atomic E-state index is -2.89. The third-order valence-electron chi connectivity index (χ3n) is 5.16. The van der Waals surface area contributed by atoms with Crippen LogP contribution < -0.4 is 4.90 Å². The summed E-state index contributed by atoms with van der Waals surface area (Å²) in [7, 11) is 3.54. The molecule has 2 fully saturated rings. The molecule has 3 rings (SSSR count). The smallest absolute Gasteiger partial charge is 0.258 e. The number of carbonyl (C=O) groups is 1. The SMILES string of the molecule is CN(C)CC(=O)N1CCC(F)(F)C2(CCN(c3ncccc3F)C2)C1. The number of halogens is 3. The van der Waals surface area contributed by atoms with Gasteiger partial charge < -0.3 is 14.7 Å². The van der Waals surface area contributed by atoms with Gasteiger partial charge in [-0.15, -0.1) is 0 Å². The third-order valence-corrected chi connectivity index (χ3v) is 5.16. The van der Waals surface area contributed by atoms with E-state index >= 15 is 0 Å². The second kappa shape index (κ2) is 6.48. The van der Waals surface area contributed by atoms with Gasteiger partial charge in [-0.1, -0.05) is 0 Å². The Labute approximate surface area is 145 Å². The molecule has 1 unspecified atom stereocenters. The van der Waals surface area contributed by atoms with E-state index in [1.807, 2.05) is 0 Å². The van der Waals surface area contributed by atoms with Gasteiger partial charge in [0.1, 0.15) is 0 Å². The van der Waals surface area contributed by atoms with Crippen molar-refractivity contribution in [3.8, 4) is 0 Å². The van der Waals surface area contributed by atoms with Gasteiger partial charge in [-0.25, -0.2) is 18.2 Å². The quantitative estimate of drug-likeness (QED) is 0.829. The average molecular weight is 356 g/mol. The van der Waals surface area contributed by atoms with Crippen LogP contribution in [0.5, 0.6) is 0 Å². The van der Waals surface area contributed by atoms with Crippen LogP contribution in [-0.4, -0.2) is 73.4 Å². The van der Waals surface area contributed by atoms with Gasteiger partial charge in [0.2, 0.25) is 5.91 Å². The standard InChI is InChI=1S/C17H23F3N4O/c1-22(2)10-14(25)23-9-6-17(19,20)16(11-23)5-8-24(12-16)15-13(18)4-3-7-21-15/h3-4,7H,5-6,8-12H2,1-2H3. The van der Waals surface area contributed by atoms with Crippen LogP contribution in [0.4, 0.5) is 19.0 Å². The molecule has 0 bridgehead atoms. The number of nitrogens with zero attached hydrogens (tertiary/aromatic N) is 4. The Balaban J connectivity index is 1.81. The van der Waals surface area contributed by atoms with Crippen molar-refractivity contribution in [2.45, 2.75) is 18.8 Å². The lowest BCUT2D eigenvalue weighted by molar-refractivity contribution is -0.169. The topological polar surface area (TPSA) is 39.7 Å². The van der Waals surface area contributed by atoms with Crippen molar-refractivity contribution < 1.29 is 18.0 Å². The largest absolute Gasteiger partial charge is 0.353 e. The lowest BCUT2D eigenvalue weighted by Crippen LogP contribution is -2.59. The van der Waals surface area contributed by atoms with Crippen LogP contribution in [0.1, 0.15) is 12.8 Å². The fourth-order valence-electron chi connectivity index (χ4n) is 3.77. The molecule has 0 aromatic carbocycles. The Morgan fingerprint density at radius 2 is 2.04 bits per heavy atom. The number of likely N-dealkylation sites (tertiary alicyclic amines) is 1. The normalized spacial score (nSPS) is 25.8. The van der Waals surface area contributed by atoms with Gasteiger partial charge in [-0.3, -0.25) is 4.79 Å². The molecule has 2 saturated heterocycles. The summed E-state index contributed by atoms with van der Waals surface area (Å²) in [5.41, 5.74) is -1.35. The minimum absolute atomic E-state index is 0.000320. The van der Waals surface area contributed by atoms with Crippen LogP contribution in [0.3, 0.4) is 0 Å². The monoisotopic (exact) mass is 356 g/mol. The van der Waals surface area contributed by atoms with Crippen LogP contribution in [-0.2, 0) is 4.79 Å². The fourth-order valence-corrected chi connectivity index (χ4v) is 3.77. The number of anilines is 1. The van der Waals surface area contributed by atoms with Gasteiger partial charge >= 0.3 is 0 Å². The summed E-state index contributed by atoms with van der Waals surface area (Å²) in [5, 5.41) is 0. The number of likely N-dealkylation sites (N-methyl/N-ethyl adjacent to an activating group) is 1. The third kappa shape index (κ3) is 3.31. The number of hydrogen-bond acceptors (Lipinski definition) is 4.